The Morgan fingerprint density at radius 2 is 1.29 bits per heavy atom. The maximum absolute atomic E-state index is 12.7. The molecule has 0 aliphatic heterocycles. The van der Waals surface area contributed by atoms with E-state index >= 15 is 0 Å². The number of carbonyl (C=O) groups is 2. The normalized spacial score (nSPS) is 11.7. The molecule has 2 aromatic rings. The molecule has 0 saturated heterocycles. The summed E-state index contributed by atoms with van der Waals surface area (Å²) in [6.45, 7) is 17.1. The van der Waals surface area contributed by atoms with Gasteiger partial charge in [0.15, 0.2) is 0 Å². The maximum atomic E-state index is 12.7. The molecule has 0 spiro atoms. The minimum absolute atomic E-state index is 0.0115. The Morgan fingerprint density at radius 3 is 1.81 bits per heavy atom. The Hall–Kier alpha value is -2.82. The summed E-state index contributed by atoms with van der Waals surface area (Å²) in [4.78, 5) is 25.3. The van der Waals surface area contributed by atoms with Crippen molar-refractivity contribution >= 4 is 23.2 Å². The van der Waals surface area contributed by atoms with E-state index in [1.165, 1.54) is 5.56 Å². The lowest BCUT2D eigenvalue weighted by molar-refractivity contribution is -0.133. The Kier molecular flexibility index (Phi) is 7.53. The zero-order chi connectivity index (χ0) is 23.4. The van der Waals surface area contributed by atoms with E-state index < -0.39 is 11.8 Å². The van der Waals surface area contributed by atoms with E-state index in [4.69, 9.17) is 4.74 Å². The van der Waals surface area contributed by atoms with Crippen LogP contribution in [0, 0.1) is 0 Å². The summed E-state index contributed by atoms with van der Waals surface area (Å²) in [6.07, 6.45) is 0.753. The highest BCUT2D eigenvalue weighted by molar-refractivity contribution is 6.43. The Balaban J connectivity index is 2.24. The van der Waals surface area contributed by atoms with Crippen molar-refractivity contribution in [1.82, 2.24) is 0 Å². The summed E-state index contributed by atoms with van der Waals surface area (Å²) in [5.74, 6) is -0.892. The van der Waals surface area contributed by atoms with E-state index in [9.17, 15) is 9.59 Å². The summed E-state index contributed by atoms with van der Waals surface area (Å²) in [7, 11) is 0. The van der Waals surface area contributed by atoms with E-state index in [1.807, 2.05) is 44.2 Å². The number of hydrogen-bond acceptors (Lipinski definition) is 3. The molecule has 0 bridgehead atoms. The van der Waals surface area contributed by atoms with Crippen LogP contribution < -0.4 is 15.4 Å². The average Bonchev–Trinajstić information content (AvgIpc) is 2.68. The van der Waals surface area contributed by atoms with E-state index in [0.717, 1.165) is 17.5 Å². The molecule has 0 unspecified atom stereocenters. The summed E-state index contributed by atoms with van der Waals surface area (Å²) < 4.78 is 5.64. The van der Waals surface area contributed by atoms with Crippen molar-refractivity contribution in [2.75, 3.05) is 17.2 Å². The third-order valence-corrected chi connectivity index (χ3v) is 5.20. The summed E-state index contributed by atoms with van der Waals surface area (Å²) in [5.41, 5.74) is 4.29. The van der Waals surface area contributed by atoms with Gasteiger partial charge in [-0.15, -0.1) is 0 Å². The monoisotopic (exact) mass is 424 g/mol. The quantitative estimate of drug-likeness (QED) is 0.594. The van der Waals surface area contributed by atoms with Gasteiger partial charge < -0.3 is 15.4 Å². The Morgan fingerprint density at radius 1 is 0.774 bits per heavy atom. The van der Waals surface area contributed by atoms with Crippen molar-refractivity contribution in [3.63, 3.8) is 0 Å². The van der Waals surface area contributed by atoms with E-state index in [-0.39, 0.29) is 10.8 Å². The second-order valence-corrected chi connectivity index (χ2v) is 9.78. The van der Waals surface area contributed by atoms with Crippen LogP contribution in [-0.4, -0.2) is 18.4 Å². The number of ether oxygens (including phenoxy) is 1. The highest BCUT2D eigenvalue weighted by Crippen LogP contribution is 2.32. The standard InChI is InChI=1S/C26H36N2O3/c1-9-17-15-18(25(3,4)5)11-13-20(17)27-23(29)24(30)28-21-16-19(26(6,7)8)12-14-22(21)31-10-2/h11-16H,9-10H2,1-8H3,(H,27,29)(H,28,30). The predicted octanol–water partition coefficient (Wildman–Crippen LogP) is 5.82. The molecule has 0 atom stereocenters. The molecule has 0 radical (unpaired) electrons. The topological polar surface area (TPSA) is 67.4 Å². The van der Waals surface area contributed by atoms with Crippen LogP contribution in [0.1, 0.15) is 72.1 Å². The van der Waals surface area contributed by atoms with Gasteiger partial charge in [0.2, 0.25) is 0 Å². The number of nitrogens with one attached hydrogen (secondary N) is 2. The molecule has 5 nitrogen and oxygen atoms in total. The third kappa shape index (κ3) is 6.33. The van der Waals surface area contributed by atoms with Gasteiger partial charge in [0.1, 0.15) is 5.75 Å². The first kappa shape index (κ1) is 24.4. The van der Waals surface area contributed by atoms with Crippen LogP contribution in [0.15, 0.2) is 36.4 Å². The molecule has 0 aliphatic rings. The van der Waals surface area contributed by atoms with Crippen LogP contribution in [0.4, 0.5) is 11.4 Å². The van der Waals surface area contributed by atoms with Gasteiger partial charge in [0.05, 0.1) is 12.3 Å². The minimum atomic E-state index is -0.728. The SMILES string of the molecule is CCOc1ccc(C(C)(C)C)cc1NC(=O)C(=O)Nc1ccc(C(C)(C)C)cc1CC. The lowest BCUT2D eigenvalue weighted by Crippen LogP contribution is -2.30. The van der Waals surface area contributed by atoms with Gasteiger partial charge in [-0.25, -0.2) is 0 Å². The van der Waals surface area contributed by atoms with Gasteiger partial charge in [-0.2, -0.15) is 0 Å². The third-order valence-electron chi connectivity index (χ3n) is 5.20. The van der Waals surface area contributed by atoms with Crippen molar-refractivity contribution in [1.29, 1.82) is 0 Å². The molecule has 0 heterocycles. The molecular formula is C26H36N2O3. The van der Waals surface area contributed by atoms with E-state index in [1.54, 1.807) is 0 Å². The lowest BCUT2D eigenvalue weighted by atomic mass is 9.85. The van der Waals surface area contributed by atoms with Gasteiger partial charge in [-0.05, 0) is 59.1 Å². The molecule has 0 aromatic heterocycles. The fourth-order valence-electron chi connectivity index (χ4n) is 3.21. The maximum Gasteiger partial charge on any atom is 0.314 e. The summed E-state index contributed by atoms with van der Waals surface area (Å²) in [5, 5.41) is 5.49. The van der Waals surface area contributed by atoms with Gasteiger partial charge in [-0.1, -0.05) is 66.7 Å². The largest absolute Gasteiger partial charge is 0.492 e. The number of rotatable bonds is 5. The highest BCUT2D eigenvalue weighted by atomic mass is 16.5. The van der Waals surface area contributed by atoms with Crippen LogP contribution in [0.2, 0.25) is 0 Å². The summed E-state index contributed by atoms with van der Waals surface area (Å²) in [6, 6.07) is 11.6. The molecule has 0 saturated carbocycles. The molecule has 0 fully saturated rings. The number of hydrogen-bond donors (Lipinski definition) is 2. The zero-order valence-corrected chi connectivity index (χ0v) is 20.1. The van der Waals surface area contributed by atoms with Gasteiger partial charge in [0, 0.05) is 5.69 Å². The predicted molar refractivity (Wildman–Crippen MR) is 128 cm³/mol. The summed E-state index contributed by atoms with van der Waals surface area (Å²) >= 11 is 0. The first-order valence-electron chi connectivity index (χ1n) is 10.9. The van der Waals surface area contributed by atoms with Crippen molar-refractivity contribution < 1.29 is 14.3 Å². The molecular weight excluding hydrogens is 388 g/mol. The van der Waals surface area contributed by atoms with Crippen molar-refractivity contribution in [3.8, 4) is 5.75 Å². The minimum Gasteiger partial charge on any atom is -0.492 e. The van der Waals surface area contributed by atoms with Crippen LogP contribution in [0.25, 0.3) is 0 Å². The van der Waals surface area contributed by atoms with Gasteiger partial charge in [-0.3, -0.25) is 9.59 Å². The van der Waals surface area contributed by atoms with Crippen LogP contribution >= 0.6 is 0 Å². The molecule has 2 amide bonds. The number of carbonyl (C=O) groups excluding carboxylic acids is 2. The zero-order valence-electron chi connectivity index (χ0n) is 20.1. The Labute approximate surface area is 186 Å². The number of benzene rings is 2. The number of anilines is 2. The molecule has 168 valence electrons. The fourth-order valence-corrected chi connectivity index (χ4v) is 3.21. The second kappa shape index (κ2) is 9.54. The Bertz CT molecular complexity index is 950. The molecule has 0 aliphatic carbocycles. The molecule has 2 aromatic carbocycles. The van der Waals surface area contributed by atoms with Crippen LogP contribution in [0.5, 0.6) is 5.75 Å². The van der Waals surface area contributed by atoms with Gasteiger partial charge >= 0.3 is 11.8 Å². The first-order valence-corrected chi connectivity index (χ1v) is 10.9. The van der Waals surface area contributed by atoms with E-state index in [2.05, 4.69) is 58.2 Å². The lowest BCUT2D eigenvalue weighted by Gasteiger charge is -2.22. The van der Waals surface area contributed by atoms with E-state index in [0.29, 0.717) is 23.7 Å². The number of aryl methyl sites for hydroxylation is 1. The smallest absolute Gasteiger partial charge is 0.314 e. The fraction of sp³-hybridized carbons (Fsp3) is 0.462. The molecule has 31 heavy (non-hydrogen) atoms. The van der Waals surface area contributed by atoms with Crippen molar-refractivity contribution in [3.05, 3.63) is 53.1 Å². The molecule has 5 heteroatoms. The van der Waals surface area contributed by atoms with Crippen molar-refractivity contribution in [2.45, 2.75) is 72.6 Å². The second-order valence-electron chi connectivity index (χ2n) is 9.78. The van der Waals surface area contributed by atoms with Crippen LogP contribution in [-0.2, 0) is 26.8 Å². The van der Waals surface area contributed by atoms with Gasteiger partial charge in [0.25, 0.3) is 0 Å². The number of amides is 2. The average molecular weight is 425 g/mol. The highest BCUT2D eigenvalue weighted by Gasteiger charge is 2.21. The molecule has 2 N–H and O–H groups in total. The van der Waals surface area contributed by atoms with Crippen LogP contribution in [0.3, 0.4) is 0 Å². The first-order chi connectivity index (χ1) is 14.4. The molecule has 2 rings (SSSR count). The van der Waals surface area contributed by atoms with Crippen molar-refractivity contribution in [2.24, 2.45) is 0 Å².